The second-order valence-corrected chi connectivity index (χ2v) is 9.54. The Morgan fingerprint density at radius 1 is 1.03 bits per heavy atom. The smallest absolute Gasteiger partial charge is 0.417 e. The first-order valence-corrected chi connectivity index (χ1v) is 12.3. The first-order valence-electron chi connectivity index (χ1n) is 12.3. The van der Waals surface area contributed by atoms with Crippen molar-refractivity contribution in [1.82, 2.24) is 15.1 Å². The number of ether oxygens (including phenoxy) is 1. The number of amides is 4. The van der Waals surface area contributed by atoms with Crippen LogP contribution in [-0.2, 0) is 25.7 Å². The van der Waals surface area contributed by atoms with E-state index in [4.69, 9.17) is 10.5 Å². The van der Waals surface area contributed by atoms with Gasteiger partial charge in [0, 0.05) is 25.6 Å². The number of rotatable bonds is 6. The largest absolute Gasteiger partial charge is 0.444 e. The first-order chi connectivity index (χ1) is 16.4. The molecule has 34 heavy (non-hydrogen) atoms. The monoisotopic (exact) mass is 470 g/mol. The average molecular weight is 471 g/mol. The van der Waals surface area contributed by atoms with Crippen molar-refractivity contribution in [3.8, 4) is 0 Å². The molecular weight excluding hydrogens is 436 g/mol. The Morgan fingerprint density at radius 2 is 1.71 bits per heavy atom. The van der Waals surface area contributed by atoms with Crippen molar-refractivity contribution in [2.45, 2.75) is 76.1 Å². The summed E-state index contributed by atoms with van der Waals surface area (Å²) in [6, 6.07) is 7.78. The molecule has 0 unspecified atom stereocenters. The van der Waals surface area contributed by atoms with Crippen LogP contribution < -0.4 is 11.1 Å². The lowest BCUT2D eigenvalue weighted by Gasteiger charge is -2.34. The van der Waals surface area contributed by atoms with Gasteiger partial charge < -0.3 is 20.7 Å². The minimum atomic E-state index is -0.854. The van der Waals surface area contributed by atoms with Crippen LogP contribution in [0.1, 0.15) is 56.9 Å². The van der Waals surface area contributed by atoms with E-state index in [1.54, 1.807) is 0 Å². The van der Waals surface area contributed by atoms with Gasteiger partial charge in [0.05, 0.1) is 6.04 Å². The van der Waals surface area contributed by atoms with E-state index in [1.165, 1.54) is 0 Å². The molecule has 0 aromatic heterocycles. The molecule has 9 heteroatoms. The molecule has 1 aliphatic carbocycles. The maximum Gasteiger partial charge on any atom is 0.417 e. The van der Waals surface area contributed by atoms with E-state index in [9.17, 15) is 19.2 Å². The summed E-state index contributed by atoms with van der Waals surface area (Å²) >= 11 is 0. The van der Waals surface area contributed by atoms with Gasteiger partial charge in [-0.2, -0.15) is 0 Å². The van der Waals surface area contributed by atoms with Crippen molar-refractivity contribution in [2.24, 2.45) is 11.7 Å². The molecule has 1 aromatic rings. The number of hydrogen-bond donors (Lipinski definition) is 2. The third-order valence-corrected chi connectivity index (χ3v) is 7.25. The topological polar surface area (TPSA) is 122 Å². The molecule has 3 aliphatic rings. The van der Waals surface area contributed by atoms with Crippen molar-refractivity contribution < 1.29 is 23.9 Å². The van der Waals surface area contributed by atoms with Crippen molar-refractivity contribution in [3.63, 3.8) is 0 Å². The van der Waals surface area contributed by atoms with Crippen LogP contribution in [0.2, 0.25) is 0 Å². The molecule has 1 aromatic carbocycles. The summed E-state index contributed by atoms with van der Waals surface area (Å²) < 4.78 is 5.29. The van der Waals surface area contributed by atoms with Gasteiger partial charge in [0.2, 0.25) is 17.7 Å². The Labute approximate surface area is 200 Å². The third-order valence-electron chi connectivity index (χ3n) is 7.25. The molecule has 0 bridgehead atoms. The summed E-state index contributed by atoms with van der Waals surface area (Å²) in [7, 11) is 0. The molecule has 3 N–H and O–H groups in total. The van der Waals surface area contributed by atoms with E-state index < -0.39 is 24.1 Å². The minimum absolute atomic E-state index is 0.0399. The second-order valence-electron chi connectivity index (χ2n) is 9.54. The van der Waals surface area contributed by atoms with Crippen molar-refractivity contribution >= 4 is 23.8 Å². The Hall–Kier alpha value is -2.94. The summed E-state index contributed by atoms with van der Waals surface area (Å²) in [6.07, 6.45) is 4.68. The molecule has 2 aliphatic heterocycles. The number of carbonyl (C=O) groups excluding carboxylic acids is 4. The summed E-state index contributed by atoms with van der Waals surface area (Å²) in [5.41, 5.74) is 7.09. The van der Waals surface area contributed by atoms with E-state index in [-0.39, 0.29) is 43.2 Å². The summed E-state index contributed by atoms with van der Waals surface area (Å²) in [4.78, 5) is 53.3. The minimum Gasteiger partial charge on any atom is -0.444 e. The predicted octanol–water partition coefficient (Wildman–Crippen LogP) is 1.94. The predicted molar refractivity (Wildman–Crippen MR) is 124 cm³/mol. The van der Waals surface area contributed by atoms with Crippen LogP contribution in [0, 0.1) is 5.92 Å². The lowest BCUT2D eigenvalue weighted by Crippen LogP contribution is -2.52. The number of benzene rings is 1. The van der Waals surface area contributed by atoms with Crippen molar-refractivity contribution in [2.75, 3.05) is 13.1 Å². The summed E-state index contributed by atoms with van der Waals surface area (Å²) in [6.45, 7) is 1.63. The molecule has 4 rings (SSSR count). The van der Waals surface area contributed by atoms with Gasteiger partial charge in [-0.1, -0.05) is 30.3 Å². The molecule has 184 valence electrons. The number of hydrogen-bond acceptors (Lipinski definition) is 6. The number of carbonyl (C=O) groups is 4. The molecule has 1 saturated carbocycles. The van der Waals surface area contributed by atoms with Crippen molar-refractivity contribution in [3.05, 3.63) is 35.9 Å². The summed E-state index contributed by atoms with van der Waals surface area (Å²) in [5, 5.41) is 3.01. The maximum absolute atomic E-state index is 12.9. The zero-order chi connectivity index (χ0) is 24.1. The first kappa shape index (κ1) is 24.2. The quantitative estimate of drug-likeness (QED) is 0.655. The van der Waals surface area contributed by atoms with Crippen LogP contribution in [0.3, 0.4) is 0 Å². The maximum atomic E-state index is 12.9. The van der Waals surface area contributed by atoms with Gasteiger partial charge in [-0.25, -0.2) is 9.69 Å². The van der Waals surface area contributed by atoms with Gasteiger partial charge in [-0.3, -0.25) is 14.4 Å². The second kappa shape index (κ2) is 11.0. The Bertz CT molecular complexity index is 894. The fourth-order valence-electron chi connectivity index (χ4n) is 5.22. The van der Waals surface area contributed by atoms with Crippen LogP contribution in [0.5, 0.6) is 0 Å². The third kappa shape index (κ3) is 5.58. The highest BCUT2D eigenvalue weighted by molar-refractivity contribution is 6.00. The van der Waals surface area contributed by atoms with E-state index >= 15 is 0 Å². The van der Waals surface area contributed by atoms with Gasteiger partial charge in [0.25, 0.3) is 0 Å². The highest BCUT2D eigenvalue weighted by Gasteiger charge is 2.42. The van der Waals surface area contributed by atoms with Gasteiger partial charge in [-0.15, -0.1) is 0 Å². The Balaban J connectivity index is 1.26. The van der Waals surface area contributed by atoms with Gasteiger partial charge >= 0.3 is 6.09 Å². The number of nitrogens with two attached hydrogens (primary N) is 1. The van der Waals surface area contributed by atoms with E-state index in [0.29, 0.717) is 0 Å². The standard InChI is InChI=1S/C25H34N4O5/c26-22(24(32)28-14-4-5-15-28)18-8-10-19(11-9-18)27-23(31)20-12-13-21(30)29(20)25(33)34-16-17-6-2-1-3-7-17/h1-3,6-7,18-20,22H,4-5,8-16,26H2,(H,27,31)/t18?,19?,20-,22-/m0/s1. The lowest BCUT2D eigenvalue weighted by molar-refractivity contribution is -0.134. The number of nitrogens with zero attached hydrogens (tertiary/aromatic N) is 2. The van der Waals surface area contributed by atoms with E-state index in [1.807, 2.05) is 35.2 Å². The Kier molecular flexibility index (Phi) is 7.82. The summed E-state index contributed by atoms with van der Waals surface area (Å²) in [5.74, 6) is -0.574. The van der Waals surface area contributed by atoms with Gasteiger partial charge in [-0.05, 0) is 56.4 Å². The zero-order valence-corrected chi connectivity index (χ0v) is 19.5. The number of imide groups is 1. The van der Waals surface area contributed by atoms with Crippen LogP contribution in [0.15, 0.2) is 30.3 Å². The Morgan fingerprint density at radius 3 is 2.38 bits per heavy atom. The normalized spacial score (nSPS) is 25.8. The van der Waals surface area contributed by atoms with Crippen LogP contribution in [0.4, 0.5) is 4.79 Å². The van der Waals surface area contributed by atoms with Gasteiger partial charge in [0.1, 0.15) is 12.6 Å². The molecule has 3 fully saturated rings. The fourth-order valence-corrected chi connectivity index (χ4v) is 5.22. The van der Waals surface area contributed by atoms with Crippen LogP contribution in [0.25, 0.3) is 0 Å². The molecule has 2 atom stereocenters. The fraction of sp³-hybridized carbons (Fsp3) is 0.600. The molecule has 9 nitrogen and oxygen atoms in total. The average Bonchev–Trinajstić information content (AvgIpc) is 3.53. The highest BCUT2D eigenvalue weighted by Crippen LogP contribution is 2.28. The molecule has 2 saturated heterocycles. The van der Waals surface area contributed by atoms with E-state index in [0.717, 1.165) is 62.1 Å². The molecule has 0 radical (unpaired) electrons. The molecule has 4 amide bonds. The van der Waals surface area contributed by atoms with Crippen LogP contribution in [-0.4, -0.2) is 64.8 Å². The zero-order valence-electron chi connectivity index (χ0n) is 19.5. The number of nitrogens with one attached hydrogen (secondary N) is 1. The number of likely N-dealkylation sites (tertiary alicyclic amines) is 2. The lowest BCUT2D eigenvalue weighted by atomic mass is 9.81. The van der Waals surface area contributed by atoms with Gasteiger partial charge in [0.15, 0.2) is 0 Å². The van der Waals surface area contributed by atoms with E-state index in [2.05, 4.69) is 5.32 Å². The van der Waals surface area contributed by atoms with Crippen molar-refractivity contribution in [1.29, 1.82) is 0 Å². The SMILES string of the molecule is N[C@H](C(=O)N1CCCC1)C1CCC(NC(=O)[C@@H]2CCC(=O)N2C(=O)OCc2ccccc2)CC1. The highest BCUT2D eigenvalue weighted by atomic mass is 16.6. The molecule has 0 spiro atoms. The molecule has 2 heterocycles. The molecular formula is C25H34N4O5. The van der Waals surface area contributed by atoms with Crippen LogP contribution >= 0.6 is 0 Å².